The molecule has 0 amide bonds. The highest BCUT2D eigenvalue weighted by Gasteiger charge is 2.07. The van der Waals surface area contributed by atoms with Crippen LogP contribution >= 0.6 is 0 Å². The molecule has 0 aliphatic rings. The van der Waals surface area contributed by atoms with E-state index < -0.39 is 0 Å². The third kappa shape index (κ3) is 1.90. The van der Waals surface area contributed by atoms with Gasteiger partial charge in [-0.1, -0.05) is 30.3 Å². The second-order valence-electron chi connectivity index (χ2n) is 3.46. The van der Waals surface area contributed by atoms with Crippen LogP contribution in [0.1, 0.15) is 0 Å². The highest BCUT2D eigenvalue weighted by molar-refractivity contribution is 5.58. The number of aromatic nitrogens is 5. The molecule has 1 N–H and O–H groups in total. The Hall–Kier alpha value is -2.56. The molecular weight excluding hydrogens is 214 g/mol. The van der Waals surface area contributed by atoms with Gasteiger partial charge < -0.3 is 0 Å². The summed E-state index contributed by atoms with van der Waals surface area (Å²) >= 11 is 0. The van der Waals surface area contributed by atoms with Crippen molar-refractivity contribution in [2.45, 2.75) is 0 Å². The molecule has 0 fully saturated rings. The van der Waals surface area contributed by atoms with Gasteiger partial charge >= 0.3 is 0 Å². The smallest absolute Gasteiger partial charge is 0.181 e. The zero-order chi connectivity index (χ0) is 11.5. The van der Waals surface area contributed by atoms with Crippen LogP contribution in [0.15, 0.2) is 48.9 Å². The van der Waals surface area contributed by atoms with Crippen molar-refractivity contribution in [1.29, 1.82) is 0 Å². The molecule has 2 aromatic heterocycles. The van der Waals surface area contributed by atoms with Crippen LogP contribution in [0.4, 0.5) is 0 Å². The summed E-state index contributed by atoms with van der Waals surface area (Å²) in [5.41, 5.74) is 1.65. The molecule has 5 heteroatoms. The molecule has 82 valence electrons. The van der Waals surface area contributed by atoms with Crippen LogP contribution in [0.25, 0.3) is 22.9 Å². The SMILES string of the molecule is c1ccc(-c2n[nH]c(-c3cnccn3)n2)cc1. The lowest BCUT2D eigenvalue weighted by molar-refractivity contribution is 1.08. The Morgan fingerprint density at radius 3 is 2.65 bits per heavy atom. The maximum absolute atomic E-state index is 4.38. The molecule has 0 saturated carbocycles. The van der Waals surface area contributed by atoms with Gasteiger partial charge in [-0.15, -0.1) is 0 Å². The van der Waals surface area contributed by atoms with Gasteiger partial charge in [-0.3, -0.25) is 10.1 Å². The van der Waals surface area contributed by atoms with Crippen LogP contribution in [0, 0.1) is 0 Å². The van der Waals surface area contributed by atoms with E-state index in [-0.39, 0.29) is 0 Å². The molecule has 1 aromatic carbocycles. The molecule has 17 heavy (non-hydrogen) atoms. The Morgan fingerprint density at radius 1 is 1.00 bits per heavy atom. The van der Waals surface area contributed by atoms with Crippen molar-refractivity contribution < 1.29 is 0 Å². The zero-order valence-electron chi connectivity index (χ0n) is 8.91. The molecule has 0 saturated heterocycles. The summed E-state index contributed by atoms with van der Waals surface area (Å²) in [5.74, 6) is 1.28. The Balaban J connectivity index is 1.99. The first-order chi connectivity index (χ1) is 8.43. The standard InChI is InChI=1S/C12H9N5/c1-2-4-9(5-3-1)11-15-12(17-16-11)10-8-13-6-7-14-10/h1-8H,(H,15,16,17). The van der Waals surface area contributed by atoms with Gasteiger partial charge in [0.05, 0.1) is 6.20 Å². The van der Waals surface area contributed by atoms with E-state index in [0.717, 1.165) is 5.56 Å². The number of hydrogen-bond donors (Lipinski definition) is 1. The number of aromatic amines is 1. The number of nitrogens with zero attached hydrogens (tertiary/aromatic N) is 4. The number of hydrogen-bond acceptors (Lipinski definition) is 4. The van der Waals surface area contributed by atoms with E-state index in [1.54, 1.807) is 18.6 Å². The van der Waals surface area contributed by atoms with Crippen molar-refractivity contribution in [2.75, 3.05) is 0 Å². The van der Waals surface area contributed by atoms with Crippen molar-refractivity contribution in [3.63, 3.8) is 0 Å². The van der Waals surface area contributed by atoms with Gasteiger partial charge in [-0.05, 0) is 0 Å². The highest BCUT2D eigenvalue weighted by Crippen LogP contribution is 2.17. The summed E-state index contributed by atoms with van der Waals surface area (Å²) in [5, 5.41) is 7.02. The second-order valence-corrected chi connectivity index (χ2v) is 3.46. The molecule has 0 aliphatic carbocycles. The van der Waals surface area contributed by atoms with E-state index in [2.05, 4.69) is 25.1 Å². The summed E-state index contributed by atoms with van der Waals surface area (Å²) in [4.78, 5) is 12.5. The molecule has 5 nitrogen and oxygen atoms in total. The van der Waals surface area contributed by atoms with E-state index in [4.69, 9.17) is 0 Å². The Bertz CT molecular complexity index is 549. The van der Waals surface area contributed by atoms with Crippen LogP contribution < -0.4 is 0 Å². The average molecular weight is 223 g/mol. The van der Waals surface area contributed by atoms with Crippen molar-refractivity contribution in [2.24, 2.45) is 0 Å². The second kappa shape index (κ2) is 4.13. The van der Waals surface area contributed by atoms with Gasteiger partial charge in [-0.25, -0.2) is 9.97 Å². The summed E-state index contributed by atoms with van der Waals surface area (Å²) < 4.78 is 0. The van der Waals surface area contributed by atoms with Gasteiger partial charge in [-0.2, -0.15) is 5.10 Å². The molecule has 0 spiro atoms. The Morgan fingerprint density at radius 2 is 1.88 bits per heavy atom. The number of H-pyrrole nitrogens is 1. The molecule has 0 atom stereocenters. The highest BCUT2D eigenvalue weighted by atomic mass is 15.2. The molecule has 0 aliphatic heterocycles. The normalized spacial score (nSPS) is 10.4. The van der Waals surface area contributed by atoms with Crippen molar-refractivity contribution in [1.82, 2.24) is 25.1 Å². The monoisotopic (exact) mass is 223 g/mol. The molecule has 2 heterocycles. The zero-order valence-corrected chi connectivity index (χ0v) is 8.91. The number of nitrogens with one attached hydrogen (secondary N) is 1. The average Bonchev–Trinajstić information content (AvgIpc) is 2.90. The van der Waals surface area contributed by atoms with Crippen LogP contribution in [-0.2, 0) is 0 Å². The van der Waals surface area contributed by atoms with Gasteiger partial charge in [0.2, 0.25) is 0 Å². The van der Waals surface area contributed by atoms with E-state index >= 15 is 0 Å². The first-order valence-electron chi connectivity index (χ1n) is 5.18. The number of rotatable bonds is 2. The predicted molar refractivity (Wildman–Crippen MR) is 62.8 cm³/mol. The fourth-order valence-corrected chi connectivity index (χ4v) is 1.51. The number of benzene rings is 1. The van der Waals surface area contributed by atoms with Gasteiger partial charge in [0.1, 0.15) is 5.69 Å². The van der Waals surface area contributed by atoms with Gasteiger partial charge in [0.25, 0.3) is 0 Å². The van der Waals surface area contributed by atoms with Crippen LogP contribution in [-0.4, -0.2) is 25.1 Å². The topological polar surface area (TPSA) is 67.3 Å². The van der Waals surface area contributed by atoms with Gasteiger partial charge in [0.15, 0.2) is 11.6 Å². The maximum Gasteiger partial charge on any atom is 0.181 e. The quantitative estimate of drug-likeness (QED) is 0.720. The van der Waals surface area contributed by atoms with Gasteiger partial charge in [0, 0.05) is 18.0 Å². The molecule has 0 bridgehead atoms. The largest absolute Gasteiger partial charge is 0.261 e. The third-order valence-electron chi connectivity index (χ3n) is 2.32. The predicted octanol–water partition coefficient (Wildman–Crippen LogP) is 1.93. The van der Waals surface area contributed by atoms with E-state index in [0.29, 0.717) is 17.3 Å². The summed E-state index contributed by atoms with van der Waals surface area (Å²) in [6.07, 6.45) is 4.90. The minimum atomic E-state index is 0.622. The van der Waals surface area contributed by atoms with E-state index in [1.165, 1.54) is 0 Å². The lowest BCUT2D eigenvalue weighted by atomic mass is 10.2. The Kier molecular flexibility index (Phi) is 2.34. The summed E-state index contributed by atoms with van der Waals surface area (Å²) in [6, 6.07) is 9.79. The fourth-order valence-electron chi connectivity index (χ4n) is 1.51. The van der Waals surface area contributed by atoms with Crippen molar-refractivity contribution in [3.05, 3.63) is 48.9 Å². The molecule has 0 unspecified atom stereocenters. The van der Waals surface area contributed by atoms with Crippen LogP contribution in [0.2, 0.25) is 0 Å². The molecule has 3 aromatic rings. The summed E-state index contributed by atoms with van der Waals surface area (Å²) in [6.45, 7) is 0. The molecule has 3 rings (SSSR count). The first-order valence-corrected chi connectivity index (χ1v) is 5.18. The summed E-state index contributed by atoms with van der Waals surface area (Å²) in [7, 11) is 0. The minimum Gasteiger partial charge on any atom is -0.261 e. The van der Waals surface area contributed by atoms with E-state index in [9.17, 15) is 0 Å². The van der Waals surface area contributed by atoms with Crippen molar-refractivity contribution in [3.8, 4) is 22.9 Å². The maximum atomic E-state index is 4.38. The third-order valence-corrected chi connectivity index (χ3v) is 2.32. The van der Waals surface area contributed by atoms with Crippen molar-refractivity contribution >= 4 is 0 Å². The lowest BCUT2D eigenvalue weighted by Gasteiger charge is -1.92. The molecular formula is C12H9N5. The first kappa shape index (κ1) is 9.65. The lowest BCUT2D eigenvalue weighted by Crippen LogP contribution is -1.86. The van der Waals surface area contributed by atoms with Crippen LogP contribution in [0.3, 0.4) is 0 Å². The van der Waals surface area contributed by atoms with Crippen LogP contribution in [0.5, 0.6) is 0 Å². The Labute approximate surface area is 97.6 Å². The van der Waals surface area contributed by atoms with E-state index in [1.807, 2.05) is 30.3 Å². The minimum absolute atomic E-state index is 0.622. The molecule has 0 radical (unpaired) electrons. The fraction of sp³-hybridized carbons (Fsp3) is 0.